The van der Waals surface area contributed by atoms with Gasteiger partial charge in [-0.3, -0.25) is 0 Å². The summed E-state index contributed by atoms with van der Waals surface area (Å²) in [4.78, 5) is 25.9. The van der Waals surface area contributed by atoms with Gasteiger partial charge in [-0.05, 0) is 38.8 Å². The predicted molar refractivity (Wildman–Crippen MR) is 115 cm³/mol. The number of hydrogen-bond acceptors (Lipinski definition) is 6. The molecule has 4 atom stereocenters. The maximum Gasteiger partial charge on any atom is 0.432 e. The van der Waals surface area contributed by atoms with Crippen LogP contribution >= 0.6 is 0 Å². The molecule has 2 aliphatic rings. The van der Waals surface area contributed by atoms with Gasteiger partial charge in [-0.2, -0.15) is 10.0 Å². The first-order valence-electron chi connectivity index (χ1n) is 10.5. The van der Waals surface area contributed by atoms with E-state index in [9.17, 15) is 19.8 Å². The van der Waals surface area contributed by atoms with Crippen molar-refractivity contribution < 1.29 is 29.3 Å². The summed E-state index contributed by atoms with van der Waals surface area (Å²) < 4.78 is 11.2. The van der Waals surface area contributed by atoms with Crippen LogP contribution in [0.5, 0.6) is 0 Å². The van der Waals surface area contributed by atoms with Crippen LogP contribution in [0.3, 0.4) is 0 Å². The molecule has 2 heterocycles. The molecule has 8 nitrogen and oxygen atoms in total. The lowest BCUT2D eigenvalue weighted by atomic mass is 9.86. The minimum Gasteiger partial charge on any atom is -0.436 e. The number of hydrazine groups is 1. The number of amides is 2. The van der Waals surface area contributed by atoms with Crippen LogP contribution in [-0.2, 0) is 22.3 Å². The average Bonchev–Trinajstić information content (AvgIpc) is 2.98. The molecule has 0 spiro atoms. The molecule has 170 valence electrons. The van der Waals surface area contributed by atoms with Crippen LogP contribution in [-0.4, -0.2) is 55.1 Å². The zero-order valence-corrected chi connectivity index (χ0v) is 18.6. The number of hydrogen-bond donors (Lipinski definition) is 2. The van der Waals surface area contributed by atoms with Crippen molar-refractivity contribution in [3.05, 3.63) is 71.8 Å². The number of aliphatic hydroxyl groups is 2. The zero-order valence-electron chi connectivity index (χ0n) is 18.6. The van der Waals surface area contributed by atoms with E-state index < -0.39 is 34.8 Å². The van der Waals surface area contributed by atoms with Crippen molar-refractivity contribution in [2.75, 3.05) is 0 Å². The van der Waals surface area contributed by atoms with E-state index in [4.69, 9.17) is 9.47 Å². The molecule has 32 heavy (non-hydrogen) atoms. The molecule has 2 saturated heterocycles. The van der Waals surface area contributed by atoms with E-state index in [1.807, 2.05) is 60.7 Å². The highest BCUT2D eigenvalue weighted by Crippen LogP contribution is 2.47. The molecule has 0 aromatic heterocycles. The van der Waals surface area contributed by atoms with Gasteiger partial charge >= 0.3 is 12.2 Å². The highest BCUT2D eigenvalue weighted by Gasteiger charge is 2.70. The van der Waals surface area contributed by atoms with E-state index in [0.29, 0.717) is 0 Å². The second-order valence-electron chi connectivity index (χ2n) is 9.19. The fraction of sp³-hybridized carbons (Fsp3) is 0.417. The molecule has 8 heteroatoms. The highest BCUT2D eigenvalue weighted by atomic mass is 16.7. The molecular weight excluding hydrogens is 412 g/mol. The van der Waals surface area contributed by atoms with Crippen LogP contribution in [0.4, 0.5) is 9.59 Å². The summed E-state index contributed by atoms with van der Waals surface area (Å²) in [6.45, 7) is 5.96. The summed E-state index contributed by atoms with van der Waals surface area (Å²) in [6.07, 6.45) is -1.49. The topological polar surface area (TPSA) is 99.5 Å². The SMILES string of the molecule is C[C@]1(O)N(N2C(=O)O[C@@](C)(Cc3ccccc3)[C@]2(C)O)C(=O)O[C@@]1(C)Cc1ccccc1. The van der Waals surface area contributed by atoms with Crippen molar-refractivity contribution >= 4 is 12.2 Å². The monoisotopic (exact) mass is 440 g/mol. The Morgan fingerprint density at radius 3 is 1.28 bits per heavy atom. The zero-order chi connectivity index (χ0) is 23.4. The number of rotatable bonds is 5. The third kappa shape index (κ3) is 3.22. The van der Waals surface area contributed by atoms with Crippen LogP contribution in [0.2, 0.25) is 0 Å². The van der Waals surface area contributed by atoms with Crippen molar-refractivity contribution in [1.29, 1.82) is 0 Å². The molecule has 0 aliphatic carbocycles. The first kappa shape index (κ1) is 22.1. The van der Waals surface area contributed by atoms with E-state index >= 15 is 0 Å². The number of nitrogens with zero attached hydrogens (tertiary/aromatic N) is 2. The second-order valence-corrected chi connectivity index (χ2v) is 9.19. The van der Waals surface area contributed by atoms with Gasteiger partial charge in [0.25, 0.3) is 0 Å². The Labute approximate surface area is 186 Å². The highest BCUT2D eigenvalue weighted by molar-refractivity contribution is 5.79. The maximum absolute atomic E-state index is 13.0. The Hall–Kier alpha value is -3.10. The van der Waals surface area contributed by atoms with E-state index in [-0.39, 0.29) is 12.8 Å². The fourth-order valence-electron chi connectivity index (χ4n) is 4.40. The third-order valence-corrected chi connectivity index (χ3v) is 6.77. The van der Waals surface area contributed by atoms with E-state index in [0.717, 1.165) is 21.1 Å². The lowest BCUT2D eigenvalue weighted by Crippen LogP contribution is -2.68. The van der Waals surface area contributed by atoms with Crippen molar-refractivity contribution in [1.82, 2.24) is 10.0 Å². The molecule has 2 aliphatic heterocycles. The first-order valence-corrected chi connectivity index (χ1v) is 10.5. The summed E-state index contributed by atoms with van der Waals surface area (Å²) in [7, 11) is 0. The fourth-order valence-corrected chi connectivity index (χ4v) is 4.40. The molecular formula is C24H28N2O6. The van der Waals surface area contributed by atoms with Gasteiger partial charge < -0.3 is 19.7 Å². The van der Waals surface area contributed by atoms with Gasteiger partial charge in [-0.25, -0.2) is 9.59 Å². The Balaban J connectivity index is 1.67. The van der Waals surface area contributed by atoms with Gasteiger partial charge in [0.15, 0.2) is 11.2 Å². The largest absolute Gasteiger partial charge is 0.436 e. The van der Waals surface area contributed by atoms with E-state index in [1.165, 1.54) is 13.8 Å². The van der Waals surface area contributed by atoms with Crippen LogP contribution in [0.1, 0.15) is 38.8 Å². The normalized spacial score (nSPS) is 34.6. The van der Waals surface area contributed by atoms with Crippen molar-refractivity contribution in [2.45, 2.75) is 63.2 Å². The first-order chi connectivity index (χ1) is 14.9. The Morgan fingerprint density at radius 2 is 0.969 bits per heavy atom. The minimum atomic E-state index is -1.96. The molecule has 2 amide bonds. The van der Waals surface area contributed by atoms with Gasteiger partial charge in [-0.15, -0.1) is 0 Å². The maximum atomic E-state index is 13.0. The van der Waals surface area contributed by atoms with Gasteiger partial charge in [0.2, 0.25) is 11.4 Å². The lowest BCUT2D eigenvalue weighted by Gasteiger charge is -2.44. The summed E-state index contributed by atoms with van der Waals surface area (Å²) in [5.74, 6) is 0. The lowest BCUT2D eigenvalue weighted by molar-refractivity contribution is -0.245. The van der Waals surface area contributed by atoms with Gasteiger partial charge in [0.05, 0.1) is 0 Å². The van der Waals surface area contributed by atoms with Crippen molar-refractivity contribution in [3.63, 3.8) is 0 Å². The molecule has 2 fully saturated rings. The third-order valence-electron chi connectivity index (χ3n) is 6.77. The van der Waals surface area contributed by atoms with Crippen LogP contribution < -0.4 is 0 Å². The number of benzene rings is 2. The number of carbonyl (C=O) groups is 2. The molecule has 0 saturated carbocycles. The number of carbonyl (C=O) groups excluding carboxylic acids is 2. The Bertz CT molecular complexity index is 942. The van der Waals surface area contributed by atoms with Crippen LogP contribution in [0, 0.1) is 0 Å². The van der Waals surface area contributed by atoms with Crippen molar-refractivity contribution in [3.8, 4) is 0 Å². The summed E-state index contributed by atoms with van der Waals surface area (Å²) in [5.41, 5.74) is -5.01. The summed E-state index contributed by atoms with van der Waals surface area (Å²) in [5, 5.41) is 24.5. The smallest absolute Gasteiger partial charge is 0.432 e. The van der Waals surface area contributed by atoms with Gasteiger partial charge in [0.1, 0.15) is 0 Å². The van der Waals surface area contributed by atoms with Crippen molar-refractivity contribution in [2.24, 2.45) is 0 Å². The standard InChI is InChI=1S/C24H28N2O6/c1-21(15-17-11-7-5-8-12-17)23(3,29)25(19(27)31-21)26-20(28)32-22(2,24(26,4)30)16-18-13-9-6-10-14-18/h5-14,29-30H,15-16H2,1-4H3/t21-,22-,23-,24+/m0/s1. The molecule has 2 N–H and O–H groups in total. The van der Waals surface area contributed by atoms with Crippen LogP contribution in [0.25, 0.3) is 0 Å². The molecule has 4 rings (SSSR count). The molecule has 0 bridgehead atoms. The molecule has 2 aromatic rings. The quantitative estimate of drug-likeness (QED) is 0.741. The predicted octanol–water partition coefficient (Wildman–Crippen LogP) is 3.23. The average molecular weight is 440 g/mol. The second kappa shape index (κ2) is 7.21. The summed E-state index contributed by atoms with van der Waals surface area (Å²) in [6, 6.07) is 18.5. The Kier molecular flexibility index (Phi) is 4.98. The van der Waals surface area contributed by atoms with Gasteiger partial charge in [0, 0.05) is 12.8 Å². The number of cyclic esters (lactones) is 2. The summed E-state index contributed by atoms with van der Waals surface area (Å²) >= 11 is 0. The van der Waals surface area contributed by atoms with Crippen LogP contribution in [0.15, 0.2) is 60.7 Å². The molecule has 0 radical (unpaired) electrons. The van der Waals surface area contributed by atoms with E-state index in [2.05, 4.69) is 0 Å². The number of ether oxygens (including phenoxy) is 2. The van der Waals surface area contributed by atoms with E-state index in [1.54, 1.807) is 13.8 Å². The Morgan fingerprint density at radius 1 is 0.656 bits per heavy atom. The van der Waals surface area contributed by atoms with Gasteiger partial charge in [-0.1, -0.05) is 60.7 Å². The molecule has 0 unspecified atom stereocenters. The minimum absolute atomic E-state index is 0.204. The molecule has 2 aromatic carbocycles.